The molecule has 2 aromatic heterocycles. The summed E-state index contributed by atoms with van der Waals surface area (Å²) < 4.78 is 59.7. The summed E-state index contributed by atoms with van der Waals surface area (Å²) in [6.07, 6.45) is 2.56. The second-order valence-corrected chi connectivity index (χ2v) is 9.52. The maximum Gasteiger partial charge on any atom is 0.281 e. The van der Waals surface area contributed by atoms with E-state index in [2.05, 4.69) is 9.97 Å². The molecule has 5 aromatic rings. The zero-order valence-corrected chi connectivity index (χ0v) is 19.2. The minimum atomic E-state index is -4.25. The summed E-state index contributed by atoms with van der Waals surface area (Å²) in [7, 11) is -4.25. The minimum Gasteiger partial charge on any atom is -0.457 e. The second-order valence-electron chi connectivity index (χ2n) is 7.84. The Labute approximate surface area is 204 Å². The van der Waals surface area contributed by atoms with E-state index < -0.39 is 21.7 Å². The van der Waals surface area contributed by atoms with Gasteiger partial charge in [-0.1, -0.05) is 12.1 Å². The molecule has 0 fully saturated rings. The Bertz CT molecular complexity index is 1680. The first kappa shape index (κ1) is 23.2. The number of fused-ring (bicyclic) bond motifs is 1. The SMILES string of the molecule is O=C(NS(=O)(=O)c1cncc(-c2ccc(F)cc2)c1)c1cc2cc(Oc3ccc(F)cc3)ccc2[nH]1. The Morgan fingerprint density at radius 2 is 1.47 bits per heavy atom. The van der Waals surface area contributed by atoms with Gasteiger partial charge in [0.15, 0.2) is 0 Å². The van der Waals surface area contributed by atoms with Crippen molar-refractivity contribution in [1.82, 2.24) is 14.7 Å². The monoisotopic (exact) mass is 505 g/mol. The van der Waals surface area contributed by atoms with E-state index in [-0.39, 0.29) is 16.4 Å². The molecule has 0 aliphatic rings. The lowest BCUT2D eigenvalue weighted by Gasteiger charge is -2.08. The van der Waals surface area contributed by atoms with Crippen LogP contribution in [0.3, 0.4) is 0 Å². The molecule has 0 atom stereocenters. The number of carbonyl (C=O) groups excluding carboxylic acids is 1. The van der Waals surface area contributed by atoms with Gasteiger partial charge < -0.3 is 9.72 Å². The van der Waals surface area contributed by atoms with Crippen LogP contribution in [-0.4, -0.2) is 24.3 Å². The molecule has 0 aliphatic heterocycles. The van der Waals surface area contributed by atoms with Crippen molar-refractivity contribution < 1.29 is 26.7 Å². The Balaban J connectivity index is 1.35. The molecule has 0 aliphatic carbocycles. The van der Waals surface area contributed by atoms with Gasteiger partial charge in [-0.3, -0.25) is 9.78 Å². The van der Waals surface area contributed by atoms with Gasteiger partial charge in [0.25, 0.3) is 15.9 Å². The van der Waals surface area contributed by atoms with Crippen molar-refractivity contribution in [2.24, 2.45) is 0 Å². The number of nitrogens with zero attached hydrogens (tertiary/aromatic N) is 1. The lowest BCUT2D eigenvalue weighted by Crippen LogP contribution is -2.30. The molecule has 3 aromatic carbocycles. The van der Waals surface area contributed by atoms with Crippen LogP contribution in [0, 0.1) is 11.6 Å². The predicted molar refractivity (Wildman–Crippen MR) is 129 cm³/mol. The number of carbonyl (C=O) groups is 1. The number of aromatic nitrogens is 2. The topological polar surface area (TPSA) is 101 Å². The highest BCUT2D eigenvalue weighted by molar-refractivity contribution is 7.90. The number of H-pyrrole nitrogens is 1. The van der Waals surface area contributed by atoms with Gasteiger partial charge in [-0.15, -0.1) is 0 Å². The van der Waals surface area contributed by atoms with Gasteiger partial charge in [0.1, 0.15) is 33.7 Å². The van der Waals surface area contributed by atoms with E-state index in [1.165, 1.54) is 66.9 Å². The smallest absolute Gasteiger partial charge is 0.281 e. The van der Waals surface area contributed by atoms with Gasteiger partial charge in [-0.25, -0.2) is 21.9 Å². The predicted octanol–water partition coefficient (Wildman–Crippen LogP) is 5.42. The number of pyridine rings is 1. The Hall–Kier alpha value is -4.57. The largest absolute Gasteiger partial charge is 0.457 e. The molecular formula is C26H17F2N3O4S. The summed E-state index contributed by atoms with van der Waals surface area (Å²) in [5.74, 6) is -0.773. The maximum absolute atomic E-state index is 13.2. The van der Waals surface area contributed by atoms with E-state index >= 15 is 0 Å². The van der Waals surface area contributed by atoms with Crippen molar-refractivity contribution in [3.05, 3.63) is 109 Å². The van der Waals surface area contributed by atoms with E-state index in [0.29, 0.717) is 33.5 Å². The number of ether oxygens (including phenoxy) is 1. The van der Waals surface area contributed by atoms with Crippen LogP contribution in [0.1, 0.15) is 10.5 Å². The standard InChI is InChI=1S/C26H17F2N3O4S/c27-19-3-1-16(2-4-19)18-12-23(15-29-14-18)36(33,34)31-26(32)25-13-17-11-22(9-10-24(17)30-25)35-21-7-5-20(28)6-8-21/h1-15,30H,(H,31,32). The van der Waals surface area contributed by atoms with E-state index in [0.717, 1.165) is 6.20 Å². The fourth-order valence-corrected chi connectivity index (χ4v) is 4.49. The molecule has 0 saturated carbocycles. The highest BCUT2D eigenvalue weighted by atomic mass is 32.2. The first-order chi connectivity index (χ1) is 17.3. The summed E-state index contributed by atoms with van der Waals surface area (Å²) in [4.78, 5) is 19.4. The Kier molecular flexibility index (Phi) is 5.95. The molecule has 7 nitrogen and oxygen atoms in total. The van der Waals surface area contributed by atoms with Gasteiger partial charge in [-0.2, -0.15) is 0 Å². The molecule has 2 N–H and O–H groups in total. The van der Waals surface area contributed by atoms with E-state index in [1.807, 2.05) is 4.72 Å². The summed E-state index contributed by atoms with van der Waals surface area (Å²) in [5, 5.41) is 0.608. The summed E-state index contributed by atoms with van der Waals surface area (Å²) in [6, 6.07) is 18.9. The average Bonchev–Trinajstić information content (AvgIpc) is 3.30. The Morgan fingerprint density at radius 1 is 0.806 bits per heavy atom. The molecule has 0 bridgehead atoms. The number of hydrogen-bond acceptors (Lipinski definition) is 5. The normalized spacial score (nSPS) is 11.4. The summed E-state index contributed by atoms with van der Waals surface area (Å²) in [5.41, 5.74) is 1.63. The van der Waals surface area contributed by atoms with Crippen LogP contribution in [0.5, 0.6) is 11.5 Å². The van der Waals surface area contributed by atoms with Crippen molar-refractivity contribution in [3.63, 3.8) is 0 Å². The van der Waals surface area contributed by atoms with E-state index in [1.54, 1.807) is 18.2 Å². The quantitative estimate of drug-likeness (QED) is 0.321. The fourth-order valence-electron chi connectivity index (χ4n) is 3.54. The van der Waals surface area contributed by atoms with Crippen LogP contribution in [0.25, 0.3) is 22.0 Å². The van der Waals surface area contributed by atoms with E-state index in [9.17, 15) is 22.0 Å². The number of sulfonamides is 1. The molecule has 0 radical (unpaired) electrons. The van der Waals surface area contributed by atoms with E-state index in [4.69, 9.17) is 4.74 Å². The third-order valence-electron chi connectivity index (χ3n) is 5.31. The van der Waals surface area contributed by atoms with Crippen LogP contribution in [0.2, 0.25) is 0 Å². The summed E-state index contributed by atoms with van der Waals surface area (Å²) in [6.45, 7) is 0. The number of hydrogen-bond donors (Lipinski definition) is 2. The molecule has 0 unspecified atom stereocenters. The molecular weight excluding hydrogens is 488 g/mol. The van der Waals surface area contributed by atoms with Gasteiger partial charge >= 0.3 is 0 Å². The first-order valence-electron chi connectivity index (χ1n) is 10.6. The molecule has 2 heterocycles. The number of halogens is 2. The highest BCUT2D eigenvalue weighted by Crippen LogP contribution is 2.27. The fraction of sp³-hybridized carbons (Fsp3) is 0. The van der Waals surface area contributed by atoms with Crippen LogP contribution in [0.4, 0.5) is 8.78 Å². The third-order valence-corrected chi connectivity index (χ3v) is 6.61. The van der Waals surface area contributed by atoms with Crippen molar-refractivity contribution in [2.75, 3.05) is 0 Å². The minimum absolute atomic E-state index is 0.0233. The third kappa shape index (κ3) is 4.93. The lowest BCUT2D eigenvalue weighted by atomic mass is 10.1. The number of rotatable bonds is 6. The number of nitrogens with one attached hydrogen (secondary N) is 2. The zero-order chi connectivity index (χ0) is 25.3. The number of benzene rings is 3. The molecule has 0 spiro atoms. The van der Waals surface area contributed by atoms with Crippen LogP contribution < -0.4 is 9.46 Å². The van der Waals surface area contributed by atoms with Crippen molar-refractivity contribution in [3.8, 4) is 22.6 Å². The van der Waals surface area contributed by atoms with Crippen LogP contribution in [-0.2, 0) is 10.0 Å². The van der Waals surface area contributed by atoms with Crippen molar-refractivity contribution >= 4 is 26.8 Å². The molecule has 36 heavy (non-hydrogen) atoms. The summed E-state index contributed by atoms with van der Waals surface area (Å²) >= 11 is 0. The number of amides is 1. The van der Waals surface area contributed by atoms with Crippen molar-refractivity contribution in [2.45, 2.75) is 4.90 Å². The molecule has 5 rings (SSSR count). The van der Waals surface area contributed by atoms with Gasteiger partial charge in [0, 0.05) is 28.9 Å². The van der Waals surface area contributed by atoms with Gasteiger partial charge in [0.2, 0.25) is 0 Å². The van der Waals surface area contributed by atoms with Gasteiger partial charge in [0.05, 0.1) is 0 Å². The highest BCUT2D eigenvalue weighted by Gasteiger charge is 2.21. The Morgan fingerprint density at radius 3 is 2.19 bits per heavy atom. The van der Waals surface area contributed by atoms with Gasteiger partial charge in [-0.05, 0) is 72.3 Å². The number of aromatic amines is 1. The lowest BCUT2D eigenvalue weighted by molar-refractivity contribution is 0.0977. The molecule has 180 valence electrons. The average molecular weight is 506 g/mol. The zero-order valence-electron chi connectivity index (χ0n) is 18.4. The molecule has 10 heteroatoms. The maximum atomic E-state index is 13.2. The van der Waals surface area contributed by atoms with Crippen LogP contribution >= 0.6 is 0 Å². The first-order valence-corrected chi connectivity index (χ1v) is 12.1. The van der Waals surface area contributed by atoms with Crippen LogP contribution in [0.15, 0.2) is 96.2 Å². The molecule has 1 amide bonds. The second kappa shape index (κ2) is 9.23. The molecule has 0 saturated heterocycles. The van der Waals surface area contributed by atoms with Crippen molar-refractivity contribution in [1.29, 1.82) is 0 Å².